The number of hydrogen-bond acceptors (Lipinski definition) is 6. The van der Waals surface area contributed by atoms with Crippen LogP contribution in [0.1, 0.15) is 25.7 Å². The lowest BCUT2D eigenvalue weighted by Gasteiger charge is -2.09. The Kier molecular flexibility index (Phi) is 9.55. The lowest BCUT2D eigenvalue weighted by atomic mass is 10.2. The maximum atomic E-state index is 11.2. The number of amides is 1. The predicted octanol–water partition coefficient (Wildman–Crippen LogP) is 0.128. The van der Waals surface area contributed by atoms with Crippen molar-refractivity contribution in [3.05, 3.63) is 10.1 Å². The second-order valence-corrected chi connectivity index (χ2v) is 3.92. The molecule has 7 nitrogen and oxygen atoms in total. The van der Waals surface area contributed by atoms with Crippen LogP contribution in [0.3, 0.4) is 0 Å². The highest BCUT2D eigenvalue weighted by molar-refractivity contribution is 7.80. The number of carbonyl (C=O) groups excluding carboxylic acids is 1. The van der Waals surface area contributed by atoms with E-state index < -0.39 is 11.1 Å². The molecule has 0 aromatic carbocycles. The van der Waals surface area contributed by atoms with E-state index in [-0.39, 0.29) is 12.5 Å². The zero-order valence-corrected chi connectivity index (χ0v) is 10.5. The molecule has 0 bridgehead atoms. The number of carbonyl (C=O) groups is 1. The zero-order chi connectivity index (χ0) is 13.1. The molecule has 0 saturated carbocycles. The molecule has 0 aliphatic heterocycles. The van der Waals surface area contributed by atoms with Gasteiger partial charge in [-0.05, 0) is 12.8 Å². The highest BCUT2D eigenvalue weighted by atomic mass is 32.1. The largest absolute Gasteiger partial charge is 0.355 e. The number of hydrogen-bond donors (Lipinski definition) is 3. The molecule has 0 aliphatic rings. The highest BCUT2D eigenvalue weighted by Crippen LogP contribution is 1.99. The first-order valence-corrected chi connectivity index (χ1v) is 6.12. The predicted molar refractivity (Wildman–Crippen MR) is 66.3 cm³/mol. The third-order valence-electron chi connectivity index (χ3n) is 2.10. The molecule has 0 fully saturated rings. The number of rotatable bonds is 10. The van der Waals surface area contributed by atoms with Crippen molar-refractivity contribution in [3.8, 4) is 0 Å². The first-order valence-electron chi connectivity index (χ1n) is 5.49. The number of thiol groups is 1. The van der Waals surface area contributed by atoms with Crippen LogP contribution >= 0.6 is 12.6 Å². The first kappa shape index (κ1) is 16.0. The van der Waals surface area contributed by atoms with Gasteiger partial charge in [0.2, 0.25) is 5.91 Å². The number of nitrogens with two attached hydrogens (primary N) is 1. The quantitative estimate of drug-likeness (QED) is 0.225. The number of nitrogens with one attached hydrogen (secondary N) is 1. The van der Waals surface area contributed by atoms with E-state index in [1.165, 1.54) is 0 Å². The summed E-state index contributed by atoms with van der Waals surface area (Å²) in [5.41, 5.74) is 5.46. The standard InChI is InChI=1S/C9H19N3O4S/c10-8(7-17)9(13)11-5-3-1-2-4-6-16-12(14)15/h8,17H,1-7,10H2,(H,11,13). The lowest BCUT2D eigenvalue weighted by Crippen LogP contribution is -2.42. The van der Waals surface area contributed by atoms with Gasteiger partial charge in [-0.15, -0.1) is 10.1 Å². The fourth-order valence-electron chi connectivity index (χ4n) is 1.15. The fraction of sp³-hybridized carbons (Fsp3) is 0.889. The van der Waals surface area contributed by atoms with Crippen molar-refractivity contribution in [3.63, 3.8) is 0 Å². The molecule has 0 heterocycles. The van der Waals surface area contributed by atoms with Gasteiger partial charge in [0.05, 0.1) is 12.6 Å². The Morgan fingerprint density at radius 2 is 2.06 bits per heavy atom. The first-order chi connectivity index (χ1) is 8.07. The summed E-state index contributed by atoms with van der Waals surface area (Å²) in [6, 6.07) is -0.563. The maximum Gasteiger partial charge on any atom is 0.294 e. The van der Waals surface area contributed by atoms with Gasteiger partial charge in [0.25, 0.3) is 5.09 Å². The van der Waals surface area contributed by atoms with Crippen molar-refractivity contribution in [2.75, 3.05) is 18.9 Å². The van der Waals surface area contributed by atoms with Gasteiger partial charge in [0.15, 0.2) is 0 Å². The summed E-state index contributed by atoms with van der Waals surface area (Å²) in [5.74, 6) is 0.126. The van der Waals surface area contributed by atoms with Crippen molar-refractivity contribution < 1.29 is 14.7 Å². The summed E-state index contributed by atoms with van der Waals surface area (Å²) in [6.07, 6.45) is 3.19. The molecule has 0 aliphatic carbocycles. The summed E-state index contributed by atoms with van der Waals surface area (Å²) in [4.78, 5) is 25.2. The van der Waals surface area contributed by atoms with Crippen molar-refractivity contribution >= 4 is 18.5 Å². The summed E-state index contributed by atoms with van der Waals surface area (Å²) < 4.78 is 0. The van der Waals surface area contributed by atoms with Gasteiger partial charge < -0.3 is 15.9 Å². The van der Waals surface area contributed by atoms with Gasteiger partial charge in [0, 0.05) is 12.3 Å². The van der Waals surface area contributed by atoms with Crippen LogP contribution < -0.4 is 11.1 Å². The minimum Gasteiger partial charge on any atom is -0.355 e. The zero-order valence-electron chi connectivity index (χ0n) is 9.63. The minimum atomic E-state index is -0.793. The van der Waals surface area contributed by atoms with Gasteiger partial charge in [0.1, 0.15) is 0 Å². The summed E-state index contributed by atoms with van der Waals surface area (Å²) in [5, 5.41) is 11.7. The lowest BCUT2D eigenvalue weighted by molar-refractivity contribution is -0.757. The van der Waals surface area contributed by atoms with Gasteiger partial charge >= 0.3 is 0 Å². The molecule has 0 rings (SSSR count). The van der Waals surface area contributed by atoms with Crippen LogP contribution in [0.5, 0.6) is 0 Å². The van der Waals surface area contributed by atoms with Crippen LogP contribution in [-0.2, 0) is 9.63 Å². The van der Waals surface area contributed by atoms with Crippen molar-refractivity contribution in [1.29, 1.82) is 0 Å². The van der Waals surface area contributed by atoms with E-state index in [2.05, 4.69) is 22.8 Å². The molecule has 1 amide bonds. The molecule has 17 heavy (non-hydrogen) atoms. The SMILES string of the molecule is NC(CS)C(=O)NCCCCCCO[N+](=O)[O-]. The van der Waals surface area contributed by atoms with E-state index in [1.54, 1.807) is 0 Å². The molecule has 0 aromatic rings. The van der Waals surface area contributed by atoms with Crippen molar-refractivity contribution in [2.24, 2.45) is 5.73 Å². The third kappa shape index (κ3) is 9.88. The molecule has 8 heteroatoms. The van der Waals surface area contributed by atoms with Crippen LogP contribution in [0.15, 0.2) is 0 Å². The Hall–Kier alpha value is -1.02. The molecular weight excluding hydrogens is 246 g/mol. The second kappa shape index (κ2) is 10.2. The van der Waals surface area contributed by atoms with Crippen molar-refractivity contribution in [1.82, 2.24) is 5.32 Å². The molecule has 0 saturated heterocycles. The molecule has 1 unspecified atom stereocenters. The fourth-order valence-corrected chi connectivity index (χ4v) is 1.31. The number of unbranched alkanes of at least 4 members (excludes halogenated alkanes) is 3. The summed E-state index contributed by atoms with van der Waals surface area (Å²) in [6.45, 7) is 0.695. The van der Waals surface area contributed by atoms with Gasteiger partial charge in [-0.1, -0.05) is 12.8 Å². The Morgan fingerprint density at radius 1 is 1.41 bits per heavy atom. The van der Waals surface area contributed by atoms with Crippen LogP contribution in [0, 0.1) is 10.1 Å². The van der Waals surface area contributed by atoms with E-state index in [0.29, 0.717) is 18.7 Å². The monoisotopic (exact) mass is 265 g/mol. The maximum absolute atomic E-state index is 11.2. The third-order valence-corrected chi connectivity index (χ3v) is 2.49. The highest BCUT2D eigenvalue weighted by Gasteiger charge is 2.09. The van der Waals surface area contributed by atoms with E-state index >= 15 is 0 Å². The van der Waals surface area contributed by atoms with Crippen molar-refractivity contribution in [2.45, 2.75) is 31.7 Å². The molecular formula is C9H19N3O4S. The van der Waals surface area contributed by atoms with E-state index in [1.807, 2.05) is 0 Å². The van der Waals surface area contributed by atoms with Crippen LogP contribution in [-0.4, -0.2) is 35.9 Å². The average molecular weight is 265 g/mol. The number of nitrogens with zero attached hydrogens (tertiary/aromatic N) is 1. The molecule has 0 spiro atoms. The Morgan fingerprint density at radius 3 is 2.65 bits per heavy atom. The topological polar surface area (TPSA) is 107 Å². The van der Waals surface area contributed by atoms with Gasteiger partial charge in [-0.2, -0.15) is 12.6 Å². The second-order valence-electron chi connectivity index (χ2n) is 3.55. The molecule has 1 atom stereocenters. The summed E-state index contributed by atoms with van der Waals surface area (Å²) in [7, 11) is 0. The normalized spacial score (nSPS) is 11.9. The minimum absolute atomic E-state index is 0.129. The smallest absolute Gasteiger partial charge is 0.294 e. The molecule has 3 N–H and O–H groups in total. The van der Waals surface area contributed by atoms with Crippen LogP contribution in [0.2, 0.25) is 0 Å². The van der Waals surface area contributed by atoms with E-state index in [4.69, 9.17) is 5.73 Å². The molecule has 100 valence electrons. The Balaban J connectivity index is 3.24. The summed E-state index contributed by atoms with van der Waals surface area (Å²) >= 11 is 3.92. The average Bonchev–Trinajstić information content (AvgIpc) is 2.30. The molecule has 0 aromatic heterocycles. The van der Waals surface area contributed by atoms with Gasteiger partial charge in [-0.3, -0.25) is 4.79 Å². The van der Waals surface area contributed by atoms with Crippen LogP contribution in [0.25, 0.3) is 0 Å². The van der Waals surface area contributed by atoms with Crippen LogP contribution in [0.4, 0.5) is 0 Å². The van der Waals surface area contributed by atoms with Gasteiger partial charge in [-0.25, -0.2) is 0 Å². The Bertz CT molecular complexity index is 240. The van der Waals surface area contributed by atoms with E-state index in [0.717, 1.165) is 19.3 Å². The Labute approximate surface area is 106 Å². The van der Waals surface area contributed by atoms with E-state index in [9.17, 15) is 14.9 Å². The molecule has 0 radical (unpaired) electrons.